The molecule has 0 fully saturated rings. The molecule has 0 radical (unpaired) electrons. The second-order valence-electron chi connectivity index (χ2n) is 4.88. The number of unbranched alkanes of at least 4 members (excludes halogenated alkanes) is 2. The van der Waals surface area contributed by atoms with Crippen molar-refractivity contribution in [2.75, 3.05) is 6.54 Å². The standard InChI is InChI=1S/C15H22N2O2/c1-3-5-6-7-12(16-4-2)11-8-9-13-14(10-11)19-15(18)17-13/h8-10,12,16H,3-7H2,1-2H3,(H,17,18). The van der Waals surface area contributed by atoms with Gasteiger partial charge < -0.3 is 9.73 Å². The van der Waals surface area contributed by atoms with Crippen LogP contribution in [0.25, 0.3) is 11.1 Å². The fourth-order valence-corrected chi connectivity index (χ4v) is 2.41. The number of fused-ring (bicyclic) bond motifs is 1. The van der Waals surface area contributed by atoms with Crippen molar-refractivity contribution in [2.24, 2.45) is 0 Å². The van der Waals surface area contributed by atoms with Crippen molar-refractivity contribution in [2.45, 2.75) is 45.6 Å². The van der Waals surface area contributed by atoms with Crippen LogP contribution in [0.15, 0.2) is 27.4 Å². The normalized spacial score (nSPS) is 12.9. The summed E-state index contributed by atoms with van der Waals surface area (Å²) >= 11 is 0. The van der Waals surface area contributed by atoms with Gasteiger partial charge in [0.2, 0.25) is 0 Å². The van der Waals surface area contributed by atoms with Crippen LogP contribution >= 0.6 is 0 Å². The molecule has 0 aliphatic heterocycles. The molecule has 1 unspecified atom stereocenters. The second-order valence-corrected chi connectivity index (χ2v) is 4.88. The summed E-state index contributed by atoms with van der Waals surface area (Å²) in [5.74, 6) is -0.391. The highest BCUT2D eigenvalue weighted by molar-refractivity contribution is 5.72. The van der Waals surface area contributed by atoms with Gasteiger partial charge in [-0.3, -0.25) is 4.98 Å². The summed E-state index contributed by atoms with van der Waals surface area (Å²) in [7, 11) is 0. The molecule has 104 valence electrons. The van der Waals surface area contributed by atoms with Gasteiger partial charge in [-0.15, -0.1) is 0 Å². The number of nitrogens with one attached hydrogen (secondary N) is 2. The zero-order chi connectivity index (χ0) is 13.7. The van der Waals surface area contributed by atoms with E-state index in [2.05, 4.69) is 30.2 Å². The largest absolute Gasteiger partial charge is 0.417 e. The highest BCUT2D eigenvalue weighted by Gasteiger charge is 2.11. The van der Waals surface area contributed by atoms with E-state index >= 15 is 0 Å². The average molecular weight is 262 g/mol. The number of aromatic amines is 1. The second kappa shape index (κ2) is 6.57. The number of oxazole rings is 1. The van der Waals surface area contributed by atoms with Gasteiger partial charge in [-0.1, -0.05) is 39.2 Å². The summed E-state index contributed by atoms with van der Waals surface area (Å²) in [6.07, 6.45) is 4.80. The van der Waals surface area contributed by atoms with E-state index in [1.807, 2.05) is 12.1 Å². The number of hydrogen-bond acceptors (Lipinski definition) is 3. The van der Waals surface area contributed by atoms with E-state index in [-0.39, 0.29) is 0 Å². The number of aromatic nitrogens is 1. The Balaban J connectivity index is 2.19. The third kappa shape index (κ3) is 3.47. The van der Waals surface area contributed by atoms with Crippen LogP contribution in [-0.4, -0.2) is 11.5 Å². The molecule has 1 heterocycles. The lowest BCUT2D eigenvalue weighted by Crippen LogP contribution is -2.20. The van der Waals surface area contributed by atoms with Crippen LogP contribution in [0.3, 0.4) is 0 Å². The Kier molecular flexibility index (Phi) is 4.80. The lowest BCUT2D eigenvalue weighted by atomic mass is 10.00. The van der Waals surface area contributed by atoms with Crippen LogP contribution in [0.4, 0.5) is 0 Å². The molecule has 0 saturated carbocycles. The first kappa shape index (κ1) is 13.9. The first-order valence-corrected chi connectivity index (χ1v) is 7.10. The van der Waals surface area contributed by atoms with E-state index in [4.69, 9.17) is 4.42 Å². The van der Waals surface area contributed by atoms with Crippen molar-refractivity contribution < 1.29 is 4.42 Å². The summed E-state index contributed by atoms with van der Waals surface area (Å²) in [6, 6.07) is 6.28. The molecule has 0 aliphatic rings. The summed E-state index contributed by atoms with van der Waals surface area (Å²) in [5.41, 5.74) is 2.59. The van der Waals surface area contributed by atoms with Gasteiger partial charge in [0.05, 0.1) is 5.52 Å². The number of rotatable bonds is 7. The highest BCUT2D eigenvalue weighted by Crippen LogP contribution is 2.23. The van der Waals surface area contributed by atoms with Gasteiger partial charge in [0.25, 0.3) is 0 Å². The van der Waals surface area contributed by atoms with Crippen LogP contribution < -0.4 is 11.1 Å². The molecule has 0 amide bonds. The molecular weight excluding hydrogens is 240 g/mol. The first-order valence-electron chi connectivity index (χ1n) is 7.10. The Morgan fingerprint density at radius 2 is 2.16 bits per heavy atom. The summed E-state index contributed by atoms with van der Waals surface area (Å²) in [5, 5.41) is 3.50. The molecule has 1 aromatic heterocycles. The van der Waals surface area contributed by atoms with Gasteiger partial charge in [-0.25, -0.2) is 4.79 Å². The Morgan fingerprint density at radius 3 is 2.89 bits per heavy atom. The van der Waals surface area contributed by atoms with Gasteiger partial charge in [-0.05, 0) is 30.7 Å². The first-order chi connectivity index (χ1) is 9.24. The third-order valence-corrected chi connectivity index (χ3v) is 3.39. The minimum absolute atomic E-state index is 0.334. The van der Waals surface area contributed by atoms with E-state index in [0.717, 1.165) is 18.5 Å². The summed E-state index contributed by atoms with van der Waals surface area (Å²) in [4.78, 5) is 13.8. The number of benzene rings is 1. The zero-order valence-corrected chi connectivity index (χ0v) is 11.7. The van der Waals surface area contributed by atoms with E-state index < -0.39 is 5.76 Å². The zero-order valence-electron chi connectivity index (χ0n) is 11.7. The Morgan fingerprint density at radius 1 is 1.32 bits per heavy atom. The lowest BCUT2D eigenvalue weighted by Gasteiger charge is -2.18. The molecule has 2 N–H and O–H groups in total. The third-order valence-electron chi connectivity index (χ3n) is 3.39. The van der Waals surface area contributed by atoms with Gasteiger partial charge >= 0.3 is 5.76 Å². The Bertz CT molecular complexity index is 571. The highest BCUT2D eigenvalue weighted by atomic mass is 16.4. The van der Waals surface area contributed by atoms with Crippen molar-refractivity contribution >= 4 is 11.1 Å². The molecule has 0 spiro atoms. The van der Waals surface area contributed by atoms with Crippen molar-refractivity contribution in [3.05, 3.63) is 34.3 Å². The average Bonchev–Trinajstić information content (AvgIpc) is 2.77. The summed E-state index contributed by atoms with van der Waals surface area (Å²) in [6.45, 7) is 5.26. The molecule has 4 nitrogen and oxygen atoms in total. The van der Waals surface area contributed by atoms with E-state index in [9.17, 15) is 4.79 Å². The van der Waals surface area contributed by atoms with E-state index in [0.29, 0.717) is 11.6 Å². The maximum Gasteiger partial charge on any atom is 0.417 e. The maximum absolute atomic E-state index is 11.2. The molecule has 0 bridgehead atoms. The van der Waals surface area contributed by atoms with E-state index in [1.54, 1.807) is 0 Å². The van der Waals surface area contributed by atoms with Gasteiger partial charge in [0, 0.05) is 6.04 Å². The molecular formula is C15H22N2O2. The number of H-pyrrole nitrogens is 1. The van der Waals surface area contributed by atoms with Crippen LogP contribution in [0, 0.1) is 0 Å². The molecule has 19 heavy (non-hydrogen) atoms. The van der Waals surface area contributed by atoms with Crippen molar-refractivity contribution in [1.29, 1.82) is 0 Å². The van der Waals surface area contributed by atoms with Crippen molar-refractivity contribution in [1.82, 2.24) is 10.3 Å². The molecule has 1 atom stereocenters. The minimum atomic E-state index is -0.391. The van der Waals surface area contributed by atoms with Crippen molar-refractivity contribution in [3.8, 4) is 0 Å². The quantitative estimate of drug-likeness (QED) is 0.752. The fraction of sp³-hybridized carbons (Fsp3) is 0.533. The smallest absolute Gasteiger partial charge is 0.408 e. The van der Waals surface area contributed by atoms with Crippen LogP contribution in [0.5, 0.6) is 0 Å². The van der Waals surface area contributed by atoms with Crippen LogP contribution in [0.1, 0.15) is 51.1 Å². The molecule has 2 aromatic rings. The minimum Gasteiger partial charge on any atom is -0.408 e. The maximum atomic E-state index is 11.2. The lowest BCUT2D eigenvalue weighted by molar-refractivity contribution is 0.485. The predicted octanol–water partition coefficient (Wildman–Crippen LogP) is 3.35. The van der Waals surface area contributed by atoms with Crippen molar-refractivity contribution in [3.63, 3.8) is 0 Å². The van der Waals surface area contributed by atoms with Gasteiger partial charge in [0.1, 0.15) is 0 Å². The molecule has 0 saturated heterocycles. The predicted molar refractivity (Wildman–Crippen MR) is 77.4 cm³/mol. The SMILES string of the molecule is CCCCCC(NCC)c1ccc2[nH]c(=O)oc2c1. The molecule has 2 rings (SSSR count). The monoisotopic (exact) mass is 262 g/mol. The topological polar surface area (TPSA) is 58.0 Å². The fourth-order valence-electron chi connectivity index (χ4n) is 2.41. The number of hydrogen-bond donors (Lipinski definition) is 2. The Labute approximate surface area is 113 Å². The van der Waals surface area contributed by atoms with Gasteiger partial charge in [0.15, 0.2) is 5.58 Å². The molecule has 0 aliphatic carbocycles. The molecule has 1 aromatic carbocycles. The Hall–Kier alpha value is -1.55. The summed E-state index contributed by atoms with van der Waals surface area (Å²) < 4.78 is 5.12. The van der Waals surface area contributed by atoms with Crippen LogP contribution in [0.2, 0.25) is 0 Å². The van der Waals surface area contributed by atoms with Crippen LogP contribution in [-0.2, 0) is 0 Å². The van der Waals surface area contributed by atoms with Gasteiger partial charge in [-0.2, -0.15) is 0 Å². The van der Waals surface area contributed by atoms with E-state index in [1.165, 1.54) is 24.8 Å². The molecule has 4 heteroatoms.